The Labute approximate surface area is 173 Å². The van der Waals surface area contributed by atoms with Gasteiger partial charge in [0.2, 0.25) is 15.9 Å². The van der Waals surface area contributed by atoms with Gasteiger partial charge in [0.15, 0.2) is 0 Å². The predicted molar refractivity (Wildman–Crippen MR) is 114 cm³/mol. The first-order chi connectivity index (χ1) is 13.3. The molecule has 1 amide bonds. The number of hydrogen-bond acceptors (Lipinski definition) is 3. The molecule has 0 aliphatic rings. The van der Waals surface area contributed by atoms with Gasteiger partial charge in [-0.2, -0.15) is 4.31 Å². The lowest BCUT2D eigenvalue weighted by molar-refractivity contribution is -0.130. The van der Waals surface area contributed by atoms with E-state index in [1.807, 2.05) is 42.5 Å². The fourth-order valence-corrected chi connectivity index (χ4v) is 4.27. The molecule has 3 aromatic carbocycles. The van der Waals surface area contributed by atoms with Gasteiger partial charge >= 0.3 is 0 Å². The first-order valence-electron chi connectivity index (χ1n) is 8.71. The zero-order valence-electron chi connectivity index (χ0n) is 15.7. The van der Waals surface area contributed by atoms with Crippen LogP contribution in [0.2, 0.25) is 0 Å². The summed E-state index contributed by atoms with van der Waals surface area (Å²) in [6.07, 6.45) is 0. The molecule has 0 aliphatic carbocycles. The molecule has 0 aromatic heterocycles. The van der Waals surface area contributed by atoms with E-state index in [4.69, 9.17) is 0 Å². The van der Waals surface area contributed by atoms with E-state index in [-0.39, 0.29) is 17.3 Å². The maximum absolute atomic E-state index is 12.6. The van der Waals surface area contributed by atoms with Gasteiger partial charge in [-0.3, -0.25) is 4.79 Å². The number of halogens is 1. The quantitative estimate of drug-likeness (QED) is 0.560. The Balaban J connectivity index is 1.67. The van der Waals surface area contributed by atoms with Crippen molar-refractivity contribution in [1.29, 1.82) is 0 Å². The van der Waals surface area contributed by atoms with Crippen molar-refractivity contribution >= 4 is 42.6 Å². The van der Waals surface area contributed by atoms with E-state index in [1.54, 1.807) is 19.2 Å². The molecule has 5 nitrogen and oxygen atoms in total. The number of fused-ring (bicyclic) bond motifs is 1. The third-order valence-electron chi connectivity index (χ3n) is 4.54. The van der Waals surface area contributed by atoms with Crippen LogP contribution in [0, 0.1) is 0 Å². The van der Waals surface area contributed by atoms with E-state index in [0.717, 1.165) is 25.1 Å². The van der Waals surface area contributed by atoms with Crippen LogP contribution < -0.4 is 0 Å². The lowest BCUT2D eigenvalue weighted by Gasteiger charge is -2.22. The summed E-state index contributed by atoms with van der Waals surface area (Å²) >= 11 is 3.29. The minimum absolute atomic E-state index is 0.156. The van der Waals surface area contributed by atoms with E-state index >= 15 is 0 Å². The van der Waals surface area contributed by atoms with Gasteiger partial charge < -0.3 is 4.90 Å². The number of carbonyl (C=O) groups is 1. The summed E-state index contributed by atoms with van der Waals surface area (Å²) < 4.78 is 27.2. The monoisotopic (exact) mass is 460 g/mol. The molecule has 7 heteroatoms. The zero-order valence-corrected chi connectivity index (χ0v) is 18.1. The van der Waals surface area contributed by atoms with Crippen molar-refractivity contribution in [2.75, 3.05) is 20.6 Å². The van der Waals surface area contributed by atoms with Gasteiger partial charge in [0.25, 0.3) is 0 Å². The van der Waals surface area contributed by atoms with E-state index in [1.165, 1.54) is 24.1 Å². The van der Waals surface area contributed by atoms with Crippen LogP contribution in [0.15, 0.2) is 76.1 Å². The van der Waals surface area contributed by atoms with Crippen LogP contribution in [0.25, 0.3) is 10.8 Å². The highest BCUT2D eigenvalue weighted by Gasteiger charge is 2.24. The van der Waals surface area contributed by atoms with Crippen LogP contribution in [-0.4, -0.2) is 44.2 Å². The summed E-state index contributed by atoms with van der Waals surface area (Å²) in [6, 6.07) is 20.4. The molecule has 3 rings (SSSR count). The van der Waals surface area contributed by atoms with E-state index in [2.05, 4.69) is 15.9 Å². The maximum Gasteiger partial charge on any atom is 0.243 e. The summed E-state index contributed by atoms with van der Waals surface area (Å²) in [5.41, 5.74) is 0.993. The summed E-state index contributed by atoms with van der Waals surface area (Å²) in [4.78, 5) is 14.3. The van der Waals surface area contributed by atoms with Crippen LogP contribution in [0.5, 0.6) is 0 Å². The van der Waals surface area contributed by atoms with Crippen LogP contribution in [0.1, 0.15) is 5.56 Å². The highest BCUT2D eigenvalue weighted by atomic mass is 79.9. The van der Waals surface area contributed by atoms with Gasteiger partial charge in [-0.1, -0.05) is 52.3 Å². The molecular weight excluding hydrogens is 440 g/mol. The van der Waals surface area contributed by atoms with Gasteiger partial charge in [0, 0.05) is 25.1 Å². The molecule has 0 radical (unpaired) electrons. The van der Waals surface area contributed by atoms with E-state index in [0.29, 0.717) is 6.54 Å². The largest absolute Gasteiger partial charge is 0.340 e. The Kier molecular flexibility index (Phi) is 6.17. The number of amides is 1. The number of carbonyl (C=O) groups excluding carboxylic acids is 1. The Bertz CT molecular complexity index is 1100. The van der Waals surface area contributed by atoms with Crippen LogP contribution in [0.4, 0.5) is 0 Å². The average molecular weight is 461 g/mol. The minimum atomic E-state index is -3.72. The predicted octanol–water partition coefficient (Wildman–Crippen LogP) is 3.88. The second-order valence-corrected chi connectivity index (χ2v) is 9.61. The molecule has 0 saturated carbocycles. The molecule has 0 bridgehead atoms. The topological polar surface area (TPSA) is 57.7 Å². The van der Waals surface area contributed by atoms with Crippen molar-refractivity contribution in [3.8, 4) is 0 Å². The lowest BCUT2D eigenvalue weighted by atomic mass is 10.1. The van der Waals surface area contributed by atoms with Crippen molar-refractivity contribution in [3.05, 3.63) is 76.8 Å². The number of hydrogen-bond donors (Lipinski definition) is 0. The molecular formula is C21H21BrN2O3S. The highest BCUT2D eigenvalue weighted by Crippen LogP contribution is 2.19. The summed E-state index contributed by atoms with van der Waals surface area (Å²) in [5, 5.41) is 2.25. The molecule has 0 unspecified atom stereocenters. The van der Waals surface area contributed by atoms with E-state index < -0.39 is 10.0 Å². The fourth-order valence-electron chi connectivity index (χ4n) is 2.88. The Morgan fingerprint density at radius 1 is 0.929 bits per heavy atom. The molecule has 0 spiro atoms. The first-order valence-corrected chi connectivity index (χ1v) is 10.9. The molecule has 3 aromatic rings. The molecule has 0 fully saturated rings. The van der Waals surface area contributed by atoms with Crippen molar-refractivity contribution in [3.63, 3.8) is 0 Å². The SMILES string of the molecule is CN(Cc1ccc2ccccc2c1)C(=O)CN(C)S(=O)(=O)c1ccc(Br)cc1. The normalized spacial score (nSPS) is 11.7. The lowest BCUT2D eigenvalue weighted by Crippen LogP contribution is -2.39. The number of benzene rings is 3. The third kappa shape index (κ3) is 4.60. The van der Waals surface area contributed by atoms with Crippen LogP contribution in [-0.2, 0) is 21.4 Å². The van der Waals surface area contributed by atoms with Crippen molar-refractivity contribution < 1.29 is 13.2 Å². The molecule has 0 aliphatic heterocycles. The van der Waals surface area contributed by atoms with Gasteiger partial charge in [0.1, 0.15) is 0 Å². The first kappa shape index (κ1) is 20.5. The Morgan fingerprint density at radius 2 is 1.57 bits per heavy atom. The Hall–Kier alpha value is -2.22. The molecule has 0 atom stereocenters. The average Bonchev–Trinajstić information content (AvgIpc) is 2.68. The van der Waals surface area contributed by atoms with Crippen LogP contribution in [0.3, 0.4) is 0 Å². The number of sulfonamides is 1. The molecule has 0 N–H and O–H groups in total. The summed E-state index contributed by atoms with van der Waals surface area (Å²) in [5.74, 6) is -0.267. The third-order valence-corrected chi connectivity index (χ3v) is 6.89. The van der Waals surface area contributed by atoms with Gasteiger partial charge in [-0.05, 0) is 46.7 Å². The van der Waals surface area contributed by atoms with Crippen molar-refractivity contribution in [2.24, 2.45) is 0 Å². The summed E-state index contributed by atoms with van der Waals surface area (Å²) in [6.45, 7) is 0.193. The maximum atomic E-state index is 12.6. The van der Waals surface area contributed by atoms with Crippen molar-refractivity contribution in [2.45, 2.75) is 11.4 Å². The smallest absolute Gasteiger partial charge is 0.243 e. The second-order valence-electron chi connectivity index (χ2n) is 6.65. The Morgan fingerprint density at radius 3 is 2.25 bits per heavy atom. The fraction of sp³-hybridized carbons (Fsp3) is 0.190. The van der Waals surface area contributed by atoms with Gasteiger partial charge in [-0.15, -0.1) is 0 Å². The van der Waals surface area contributed by atoms with E-state index in [9.17, 15) is 13.2 Å². The second kappa shape index (κ2) is 8.43. The van der Waals surface area contributed by atoms with Crippen LogP contribution >= 0.6 is 15.9 Å². The standard InChI is InChI=1S/C21H21BrN2O3S/c1-23(14-16-7-8-17-5-3-4-6-18(17)13-16)21(25)15-24(2)28(26,27)20-11-9-19(22)10-12-20/h3-13H,14-15H2,1-2H3. The number of nitrogens with zero attached hydrogens (tertiary/aromatic N) is 2. The zero-order chi connectivity index (χ0) is 20.3. The van der Waals surface area contributed by atoms with Gasteiger partial charge in [0.05, 0.1) is 11.4 Å². The number of likely N-dealkylation sites (N-methyl/N-ethyl adjacent to an activating group) is 2. The summed E-state index contributed by atoms with van der Waals surface area (Å²) in [7, 11) is -0.627. The van der Waals surface area contributed by atoms with Crippen molar-refractivity contribution in [1.82, 2.24) is 9.21 Å². The molecule has 0 heterocycles. The molecule has 146 valence electrons. The van der Waals surface area contributed by atoms with Gasteiger partial charge in [-0.25, -0.2) is 8.42 Å². The number of rotatable bonds is 6. The molecule has 0 saturated heterocycles. The molecule has 28 heavy (non-hydrogen) atoms. The minimum Gasteiger partial charge on any atom is -0.340 e. The highest BCUT2D eigenvalue weighted by molar-refractivity contribution is 9.10.